The number of nitrogens with one attached hydrogen (secondary N) is 2. The van der Waals surface area contributed by atoms with Crippen molar-refractivity contribution in [2.24, 2.45) is 0 Å². The van der Waals surface area contributed by atoms with Crippen molar-refractivity contribution in [3.8, 4) is 0 Å². The van der Waals surface area contributed by atoms with E-state index in [-0.39, 0.29) is 49.1 Å². The summed E-state index contributed by atoms with van der Waals surface area (Å²) in [6, 6.07) is 0.0617. The van der Waals surface area contributed by atoms with Crippen LogP contribution in [-0.2, 0) is 19.1 Å². The van der Waals surface area contributed by atoms with Crippen LogP contribution in [0.4, 0.5) is 0 Å². The van der Waals surface area contributed by atoms with E-state index in [1.165, 1.54) is 0 Å². The molecule has 0 heterocycles. The van der Waals surface area contributed by atoms with Crippen LogP contribution in [0.15, 0.2) is 0 Å². The molecule has 1 fully saturated rings. The first-order valence-corrected chi connectivity index (χ1v) is 8.79. The van der Waals surface area contributed by atoms with Crippen molar-refractivity contribution in [3.63, 3.8) is 0 Å². The Morgan fingerprint density at radius 2 is 1.74 bits per heavy atom. The maximum Gasteiger partial charge on any atom is 0.307 e. The Morgan fingerprint density at radius 1 is 1.09 bits per heavy atom. The SMILES string of the molecule is CCCC(CC(=O)OCC)NC(=O)CCC(=O)NC1CCCC1. The normalized spacial score (nSPS) is 15.9. The number of rotatable bonds is 10. The van der Waals surface area contributed by atoms with Crippen LogP contribution in [0.2, 0.25) is 0 Å². The zero-order chi connectivity index (χ0) is 17.1. The van der Waals surface area contributed by atoms with E-state index in [0.717, 1.165) is 38.5 Å². The smallest absolute Gasteiger partial charge is 0.307 e. The molecule has 0 spiro atoms. The van der Waals surface area contributed by atoms with Gasteiger partial charge in [0, 0.05) is 24.9 Å². The van der Waals surface area contributed by atoms with Crippen molar-refractivity contribution in [1.29, 1.82) is 0 Å². The quantitative estimate of drug-likeness (QED) is 0.602. The molecule has 0 aromatic heterocycles. The summed E-state index contributed by atoms with van der Waals surface area (Å²) in [5.41, 5.74) is 0. The minimum atomic E-state index is -0.301. The molecule has 1 rings (SSSR count). The zero-order valence-electron chi connectivity index (χ0n) is 14.4. The lowest BCUT2D eigenvalue weighted by molar-refractivity contribution is -0.144. The van der Waals surface area contributed by atoms with Crippen LogP contribution >= 0.6 is 0 Å². The molecular weight excluding hydrogens is 296 g/mol. The van der Waals surface area contributed by atoms with Crippen LogP contribution in [0.25, 0.3) is 0 Å². The molecule has 1 saturated carbocycles. The molecular formula is C17H30N2O4. The predicted molar refractivity (Wildman–Crippen MR) is 87.7 cm³/mol. The Balaban J connectivity index is 2.27. The highest BCUT2D eigenvalue weighted by Crippen LogP contribution is 2.17. The van der Waals surface area contributed by atoms with Gasteiger partial charge in [-0.15, -0.1) is 0 Å². The Kier molecular flexibility index (Phi) is 9.33. The lowest BCUT2D eigenvalue weighted by Gasteiger charge is -2.17. The van der Waals surface area contributed by atoms with Crippen molar-refractivity contribution in [1.82, 2.24) is 10.6 Å². The summed E-state index contributed by atoms with van der Waals surface area (Å²) in [6.07, 6.45) is 6.53. The fraction of sp³-hybridized carbons (Fsp3) is 0.824. The first-order chi connectivity index (χ1) is 11.0. The van der Waals surface area contributed by atoms with Crippen LogP contribution in [0.3, 0.4) is 0 Å². The number of amides is 2. The first kappa shape index (κ1) is 19.5. The number of carbonyl (C=O) groups is 3. The molecule has 0 saturated heterocycles. The average molecular weight is 326 g/mol. The second-order valence-electron chi connectivity index (χ2n) is 6.11. The third kappa shape index (κ3) is 8.57. The third-order valence-corrected chi connectivity index (χ3v) is 4.02. The fourth-order valence-electron chi connectivity index (χ4n) is 2.89. The highest BCUT2D eigenvalue weighted by Gasteiger charge is 2.19. The van der Waals surface area contributed by atoms with Gasteiger partial charge in [-0.3, -0.25) is 14.4 Å². The Hall–Kier alpha value is -1.59. The fourth-order valence-corrected chi connectivity index (χ4v) is 2.89. The molecule has 0 bridgehead atoms. The summed E-state index contributed by atoms with van der Waals surface area (Å²) in [5.74, 6) is -0.552. The van der Waals surface area contributed by atoms with Gasteiger partial charge in [0.2, 0.25) is 11.8 Å². The molecule has 0 aliphatic heterocycles. The number of hydrogen-bond donors (Lipinski definition) is 2. The van der Waals surface area contributed by atoms with E-state index in [1.54, 1.807) is 6.92 Å². The third-order valence-electron chi connectivity index (χ3n) is 4.02. The van der Waals surface area contributed by atoms with Gasteiger partial charge in [-0.05, 0) is 26.2 Å². The molecule has 0 aromatic rings. The van der Waals surface area contributed by atoms with Gasteiger partial charge < -0.3 is 15.4 Å². The number of carbonyl (C=O) groups excluding carboxylic acids is 3. The van der Waals surface area contributed by atoms with E-state index >= 15 is 0 Å². The highest BCUT2D eigenvalue weighted by atomic mass is 16.5. The van der Waals surface area contributed by atoms with Crippen LogP contribution in [0, 0.1) is 0 Å². The molecule has 0 aromatic carbocycles. The van der Waals surface area contributed by atoms with Crippen LogP contribution < -0.4 is 10.6 Å². The van der Waals surface area contributed by atoms with Gasteiger partial charge in [0.1, 0.15) is 0 Å². The lowest BCUT2D eigenvalue weighted by atomic mass is 10.1. The predicted octanol–water partition coefficient (Wildman–Crippen LogP) is 2.06. The number of esters is 1. The molecule has 0 radical (unpaired) electrons. The number of ether oxygens (including phenoxy) is 1. The van der Waals surface area contributed by atoms with Crippen molar-refractivity contribution < 1.29 is 19.1 Å². The van der Waals surface area contributed by atoms with E-state index < -0.39 is 0 Å². The van der Waals surface area contributed by atoms with Gasteiger partial charge >= 0.3 is 5.97 Å². The summed E-state index contributed by atoms with van der Waals surface area (Å²) in [4.78, 5) is 35.3. The zero-order valence-corrected chi connectivity index (χ0v) is 14.4. The van der Waals surface area contributed by atoms with E-state index in [0.29, 0.717) is 6.61 Å². The van der Waals surface area contributed by atoms with E-state index in [9.17, 15) is 14.4 Å². The molecule has 23 heavy (non-hydrogen) atoms. The van der Waals surface area contributed by atoms with Crippen molar-refractivity contribution in [2.45, 2.75) is 83.7 Å². The van der Waals surface area contributed by atoms with E-state index in [4.69, 9.17) is 4.74 Å². The molecule has 1 unspecified atom stereocenters. The first-order valence-electron chi connectivity index (χ1n) is 8.79. The van der Waals surface area contributed by atoms with Crippen LogP contribution in [-0.4, -0.2) is 36.5 Å². The molecule has 1 aliphatic rings. The second kappa shape index (κ2) is 11.0. The van der Waals surface area contributed by atoms with Gasteiger partial charge in [0.25, 0.3) is 0 Å². The maximum atomic E-state index is 12.0. The molecule has 6 nitrogen and oxygen atoms in total. The van der Waals surface area contributed by atoms with E-state index in [1.807, 2.05) is 6.92 Å². The highest BCUT2D eigenvalue weighted by molar-refractivity contribution is 5.84. The van der Waals surface area contributed by atoms with Crippen molar-refractivity contribution >= 4 is 17.8 Å². The van der Waals surface area contributed by atoms with Crippen molar-refractivity contribution in [3.05, 3.63) is 0 Å². The van der Waals surface area contributed by atoms with E-state index in [2.05, 4.69) is 10.6 Å². The molecule has 2 N–H and O–H groups in total. The minimum Gasteiger partial charge on any atom is -0.466 e. The molecule has 6 heteroatoms. The Labute approximate surface area is 138 Å². The standard InChI is InChI=1S/C17H30N2O4/c1-3-7-14(12-17(22)23-4-2)19-16(21)11-10-15(20)18-13-8-5-6-9-13/h13-14H,3-12H2,1-2H3,(H,18,20)(H,19,21). The summed E-state index contributed by atoms with van der Waals surface area (Å²) in [7, 11) is 0. The summed E-state index contributed by atoms with van der Waals surface area (Å²) in [5, 5.41) is 5.81. The van der Waals surface area contributed by atoms with Gasteiger partial charge in [-0.2, -0.15) is 0 Å². The summed E-state index contributed by atoms with van der Waals surface area (Å²) < 4.78 is 4.92. The molecule has 1 aliphatic carbocycles. The Morgan fingerprint density at radius 3 is 2.35 bits per heavy atom. The molecule has 2 amide bonds. The van der Waals surface area contributed by atoms with Gasteiger partial charge in [0.05, 0.1) is 13.0 Å². The largest absolute Gasteiger partial charge is 0.466 e. The topological polar surface area (TPSA) is 84.5 Å². The van der Waals surface area contributed by atoms with Gasteiger partial charge in [0.15, 0.2) is 0 Å². The Bertz CT molecular complexity index is 392. The monoisotopic (exact) mass is 326 g/mol. The molecule has 1 atom stereocenters. The maximum absolute atomic E-state index is 12.0. The van der Waals surface area contributed by atoms with Gasteiger partial charge in [-0.1, -0.05) is 26.2 Å². The van der Waals surface area contributed by atoms with Crippen LogP contribution in [0.1, 0.15) is 71.6 Å². The average Bonchev–Trinajstić information content (AvgIpc) is 2.98. The van der Waals surface area contributed by atoms with Crippen molar-refractivity contribution in [2.75, 3.05) is 6.61 Å². The molecule has 132 valence electrons. The van der Waals surface area contributed by atoms with Crippen LogP contribution in [0.5, 0.6) is 0 Å². The summed E-state index contributed by atoms with van der Waals surface area (Å²) >= 11 is 0. The second-order valence-corrected chi connectivity index (χ2v) is 6.11. The van der Waals surface area contributed by atoms with Gasteiger partial charge in [-0.25, -0.2) is 0 Å². The summed E-state index contributed by atoms with van der Waals surface area (Å²) in [6.45, 7) is 4.10. The minimum absolute atomic E-state index is 0.0653. The number of hydrogen-bond acceptors (Lipinski definition) is 4. The lowest BCUT2D eigenvalue weighted by Crippen LogP contribution is -2.38.